The number of carbonyl (C=O) groups is 1. The summed E-state index contributed by atoms with van der Waals surface area (Å²) >= 11 is 0. The third kappa shape index (κ3) is 5.43. The third-order valence-corrected chi connectivity index (χ3v) is 3.41. The minimum Gasteiger partial charge on any atom is -0.356 e. The van der Waals surface area contributed by atoms with Crippen LogP contribution in [0.2, 0.25) is 0 Å². The highest BCUT2D eigenvalue weighted by molar-refractivity contribution is 5.76. The van der Waals surface area contributed by atoms with Crippen LogP contribution in [-0.2, 0) is 11.2 Å². The summed E-state index contributed by atoms with van der Waals surface area (Å²) < 4.78 is 0. The van der Waals surface area contributed by atoms with Crippen LogP contribution in [0.1, 0.15) is 37.0 Å². The van der Waals surface area contributed by atoms with E-state index >= 15 is 0 Å². The van der Waals surface area contributed by atoms with E-state index in [0.29, 0.717) is 19.5 Å². The van der Waals surface area contributed by atoms with Crippen molar-refractivity contribution >= 4 is 5.91 Å². The lowest BCUT2D eigenvalue weighted by atomic mass is 9.89. The summed E-state index contributed by atoms with van der Waals surface area (Å²) in [6, 6.07) is 6.43. The predicted octanol–water partition coefficient (Wildman–Crippen LogP) is 2.34. The van der Waals surface area contributed by atoms with Gasteiger partial charge in [-0.25, -0.2) is 0 Å². The van der Waals surface area contributed by atoms with Gasteiger partial charge in [-0.05, 0) is 43.4 Å². The zero-order chi connectivity index (χ0) is 14.5. The zero-order valence-corrected chi connectivity index (χ0v) is 12.5. The van der Waals surface area contributed by atoms with Gasteiger partial charge in [0.05, 0.1) is 0 Å². The van der Waals surface area contributed by atoms with Gasteiger partial charge in [0.25, 0.3) is 0 Å². The number of benzene rings is 1. The number of aryl methyl sites for hydroxylation is 2. The van der Waals surface area contributed by atoms with Gasteiger partial charge < -0.3 is 11.1 Å². The van der Waals surface area contributed by atoms with Crippen molar-refractivity contribution in [3.63, 3.8) is 0 Å². The quantitative estimate of drug-likeness (QED) is 0.826. The topological polar surface area (TPSA) is 55.1 Å². The number of hydrogen-bond donors (Lipinski definition) is 2. The molecule has 0 unspecified atom stereocenters. The lowest BCUT2D eigenvalue weighted by Gasteiger charge is -2.21. The van der Waals surface area contributed by atoms with Gasteiger partial charge in [-0.1, -0.05) is 37.6 Å². The van der Waals surface area contributed by atoms with Gasteiger partial charge in [-0.2, -0.15) is 0 Å². The highest BCUT2D eigenvalue weighted by atomic mass is 16.1. The molecule has 3 N–H and O–H groups in total. The van der Waals surface area contributed by atoms with E-state index in [9.17, 15) is 4.79 Å². The molecular formula is C16H26N2O. The van der Waals surface area contributed by atoms with Crippen LogP contribution in [0.3, 0.4) is 0 Å². The van der Waals surface area contributed by atoms with E-state index in [0.717, 1.165) is 6.42 Å². The molecule has 0 atom stereocenters. The molecule has 1 rings (SSSR count). The van der Waals surface area contributed by atoms with Crippen molar-refractivity contribution in [1.29, 1.82) is 0 Å². The van der Waals surface area contributed by atoms with Gasteiger partial charge in [0.2, 0.25) is 5.91 Å². The summed E-state index contributed by atoms with van der Waals surface area (Å²) in [6.45, 7) is 9.43. The van der Waals surface area contributed by atoms with Crippen LogP contribution in [-0.4, -0.2) is 19.0 Å². The highest BCUT2D eigenvalue weighted by Crippen LogP contribution is 2.17. The standard InChI is InChI=1S/C16H26N2O/c1-12-5-6-13(2)14(9-12)7-8-18-15(19)10-16(3,4)11-17/h5-6,9H,7-8,10-11,17H2,1-4H3,(H,18,19). The van der Waals surface area contributed by atoms with E-state index in [1.807, 2.05) is 13.8 Å². The van der Waals surface area contributed by atoms with Crippen LogP contribution >= 0.6 is 0 Å². The molecular weight excluding hydrogens is 236 g/mol. The van der Waals surface area contributed by atoms with Crippen LogP contribution in [0.5, 0.6) is 0 Å². The maximum atomic E-state index is 11.8. The second-order valence-electron chi connectivity index (χ2n) is 6.08. The molecule has 0 fully saturated rings. The number of nitrogens with two attached hydrogens (primary N) is 1. The average Bonchev–Trinajstić information content (AvgIpc) is 2.33. The molecule has 19 heavy (non-hydrogen) atoms. The first-order chi connectivity index (χ1) is 8.84. The SMILES string of the molecule is Cc1ccc(C)c(CCNC(=O)CC(C)(C)CN)c1. The number of amides is 1. The van der Waals surface area contributed by atoms with Crippen molar-refractivity contribution < 1.29 is 4.79 Å². The molecule has 0 saturated heterocycles. The average molecular weight is 262 g/mol. The van der Waals surface area contributed by atoms with Crippen LogP contribution < -0.4 is 11.1 Å². The van der Waals surface area contributed by atoms with Gasteiger partial charge in [0, 0.05) is 13.0 Å². The van der Waals surface area contributed by atoms with E-state index in [2.05, 4.69) is 37.4 Å². The Hall–Kier alpha value is -1.35. The Morgan fingerprint density at radius 1 is 1.32 bits per heavy atom. The van der Waals surface area contributed by atoms with Gasteiger partial charge in [-0.15, -0.1) is 0 Å². The second kappa shape index (κ2) is 6.71. The molecule has 3 heteroatoms. The van der Waals surface area contributed by atoms with Gasteiger partial charge >= 0.3 is 0 Å². The molecule has 3 nitrogen and oxygen atoms in total. The Labute approximate surface area is 116 Å². The first kappa shape index (κ1) is 15.7. The molecule has 0 aliphatic rings. The van der Waals surface area contributed by atoms with Crippen molar-refractivity contribution in [2.75, 3.05) is 13.1 Å². The summed E-state index contributed by atoms with van der Waals surface area (Å²) in [6.07, 6.45) is 1.36. The Bertz CT molecular complexity index is 438. The van der Waals surface area contributed by atoms with Crippen LogP contribution in [0.4, 0.5) is 0 Å². The molecule has 1 aromatic rings. The summed E-state index contributed by atoms with van der Waals surface area (Å²) in [5.41, 5.74) is 9.35. The van der Waals surface area contributed by atoms with Crippen LogP contribution in [0.25, 0.3) is 0 Å². The summed E-state index contributed by atoms with van der Waals surface area (Å²) in [4.78, 5) is 11.8. The first-order valence-corrected chi connectivity index (χ1v) is 6.87. The molecule has 1 aromatic carbocycles. The zero-order valence-electron chi connectivity index (χ0n) is 12.5. The Morgan fingerprint density at radius 2 is 2.00 bits per heavy atom. The van der Waals surface area contributed by atoms with Crippen molar-refractivity contribution in [2.24, 2.45) is 11.1 Å². The van der Waals surface area contributed by atoms with E-state index in [-0.39, 0.29) is 11.3 Å². The number of hydrogen-bond acceptors (Lipinski definition) is 2. The van der Waals surface area contributed by atoms with Crippen molar-refractivity contribution in [3.8, 4) is 0 Å². The molecule has 106 valence electrons. The van der Waals surface area contributed by atoms with E-state index in [1.165, 1.54) is 16.7 Å². The van der Waals surface area contributed by atoms with E-state index in [4.69, 9.17) is 5.73 Å². The Balaban J connectivity index is 2.42. The maximum Gasteiger partial charge on any atom is 0.220 e. The van der Waals surface area contributed by atoms with Gasteiger partial charge in [0.1, 0.15) is 0 Å². The second-order valence-corrected chi connectivity index (χ2v) is 6.08. The fourth-order valence-electron chi connectivity index (χ4n) is 1.98. The van der Waals surface area contributed by atoms with E-state index < -0.39 is 0 Å². The fraction of sp³-hybridized carbons (Fsp3) is 0.562. The van der Waals surface area contributed by atoms with Gasteiger partial charge in [-0.3, -0.25) is 4.79 Å². The lowest BCUT2D eigenvalue weighted by Crippen LogP contribution is -2.34. The minimum absolute atomic E-state index is 0.0840. The number of carbonyl (C=O) groups excluding carboxylic acids is 1. The fourth-order valence-corrected chi connectivity index (χ4v) is 1.98. The maximum absolute atomic E-state index is 11.8. The summed E-state index contributed by atoms with van der Waals surface area (Å²) in [5, 5.41) is 2.97. The minimum atomic E-state index is -0.122. The number of rotatable bonds is 6. The third-order valence-electron chi connectivity index (χ3n) is 3.41. The molecule has 0 aliphatic carbocycles. The molecule has 0 aromatic heterocycles. The van der Waals surface area contributed by atoms with Crippen molar-refractivity contribution in [1.82, 2.24) is 5.32 Å². The lowest BCUT2D eigenvalue weighted by molar-refractivity contribution is -0.122. The molecule has 0 spiro atoms. The summed E-state index contributed by atoms with van der Waals surface area (Å²) in [7, 11) is 0. The monoisotopic (exact) mass is 262 g/mol. The predicted molar refractivity (Wildman–Crippen MR) is 80.1 cm³/mol. The highest BCUT2D eigenvalue weighted by Gasteiger charge is 2.19. The van der Waals surface area contributed by atoms with Crippen LogP contribution in [0, 0.1) is 19.3 Å². The van der Waals surface area contributed by atoms with Crippen molar-refractivity contribution in [2.45, 2.75) is 40.5 Å². The Morgan fingerprint density at radius 3 is 2.63 bits per heavy atom. The smallest absolute Gasteiger partial charge is 0.220 e. The van der Waals surface area contributed by atoms with Crippen LogP contribution in [0.15, 0.2) is 18.2 Å². The molecule has 0 bridgehead atoms. The first-order valence-electron chi connectivity index (χ1n) is 6.87. The molecule has 1 amide bonds. The Kier molecular flexibility index (Phi) is 5.55. The molecule has 0 aliphatic heterocycles. The van der Waals surface area contributed by atoms with Crippen molar-refractivity contribution in [3.05, 3.63) is 34.9 Å². The summed E-state index contributed by atoms with van der Waals surface area (Å²) in [5.74, 6) is 0.0840. The molecule has 0 radical (unpaired) electrons. The van der Waals surface area contributed by atoms with E-state index in [1.54, 1.807) is 0 Å². The van der Waals surface area contributed by atoms with Gasteiger partial charge in [0.15, 0.2) is 0 Å². The number of nitrogens with one attached hydrogen (secondary N) is 1. The normalized spacial score (nSPS) is 11.4. The largest absolute Gasteiger partial charge is 0.356 e. The molecule has 0 saturated carbocycles. The molecule has 0 heterocycles.